The number of carbonyl (C=O) groups excluding carboxylic acids is 1. The molecule has 3 nitrogen and oxygen atoms in total. The molecule has 1 radical (unpaired) electrons. The summed E-state index contributed by atoms with van der Waals surface area (Å²) in [5.41, 5.74) is 3.79. The third kappa shape index (κ3) is 2.93. The summed E-state index contributed by atoms with van der Waals surface area (Å²) in [6.07, 6.45) is 3.96. The Morgan fingerprint density at radius 3 is 2.47 bits per heavy atom. The van der Waals surface area contributed by atoms with E-state index < -0.39 is 5.97 Å². The van der Waals surface area contributed by atoms with E-state index in [1.54, 1.807) is 0 Å². The van der Waals surface area contributed by atoms with Crippen LogP contribution in [0.25, 0.3) is 0 Å². The van der Waals surface area contributed by atoms with Gasteiger partial charge >= 0.3 is 5.97 Å². The highest BCUT2D eigenvalue weighted by atomic mass is 35.5. The monoisotopic (exact) mass is 274 g/mol. The molecule has 19 heavy (non-hydrogen) atoms. The Hall–Kier alpha value is -1.87. The minimum absolute atomic E-state index is 0.262. The summed E-state index contributed by atoms with van der Waals surface area (Å²) in [6, 6.07) is 5.06. The van der Waals surface area contributed by atoms with Crippen molar-refractivity contribution in [3.05, 3.63) is 57.9 Å². The highest BCUT2D eigenvalue weighted by Crippen LogP contribution is 2.23. The minimum Gasteiger partial charge on any atom is -0.421 e. The molecule has 2 aromatic rings. The van der Waals surface area contributed by atoms with Gasteiger partial charge in [-0.2, -0.15) is 0 Å². The fraction of sp³-hybridized carbons (Fsp3) is 0.200. The van der Waals surface area contributed by atoms with Crippen LogP contribution in [0.2, 0.25) is 5.02 Å². The summed E-state index contributed by atoms with van der Waals surface area (Å²) in [5, 5.41) is 0.285. The first kappa shape index (κ1) is 13.6. The molecule has 0 bridgehead atoms. The maximum absolute atomic E-state index is 12.1. The summed E-state index contributed by atoms with van der Waals surface area (Å²) in [4.78, 5) is 15.8. The van der Waals surface area contributed by atoms with Gasteiger partial charge in [0.05, 0.1) is 18.0 Å². The van der Waals surface area contributed by atoms with Gasteiger partial charge in [0.1, 0.15) is 5.02 Å². The van der Waals surface area contributed by atoms with Crippen molar-refractivity contribution < 1.29 is 9.53 Å². The molecule has 0 atom stereocenters. The lowest BCUT2D eigenvalue weighted by atomic mass is 10.0. The van der Waals surface area contributed by atoms with Crippen molar-refractivity contribution >= 4 is 17.6 Å². The standard InChI is InChI=1S/C15H13ClNO2/c1-9-6-12(7-10(2)11(9)3)15(18)19-14-4-5-17-8-13(14)16/h4,6-8H,1-3H3. The van der Waals surface area contributed by atoms with Crippen LogP contribution >= 0.6 is 11.6 Å². The quantitative estimate of drug-likeness (QED) is 0.784. The van der Waals surface area contributed by atoms with Crippen LogP contribution in [0, 0.1) is 27.0 Å². The van der Waals surface area contributed by atoms with Crippen molar-refractivity contribution in [3.63, 3.8) is 0 Å². The van der Waals surface area contributed by atoms with Gasteiger partial charge in [-0.1, -0.05) is 11.6 Å². The minimum atomic E-state index is -0.437. The Bertz CT molecular complexity index is 615. The molecule has 0 aliphatic carbocycles. The fourth-order valence-corrected chi connectivity index (χ4v) is 1.85. The highest BCUT2D eigenvalue weighted by Gasteiger charge is 2.13. The molecule has 0 aliphatic heterocycles. The molecule has 4 heteroatoms. The van der Waals surface area contributed by atoms with Gasteiger partial charge < -0.3 is 4.74 Å². The van der Waals surface area contributed by atoms with Crippen LogP contribution in [0.1, 0.15) is 27.0 Å². The van der Waals surface area contributed by atoms with Crippen LogP contribution in [0.4, 0.5) is 0 Å². The molecule has 0 saturated heterocycles. The second-order valence-electron chi connectivity index (χ2n) is 4.37. The number of hydrogen-bond acceptors (Lipinski definition) is 3. The molecule has 2 rings (SSSR count). The first-order chi connectivity index (χ1) is 8.99. The van der Waals surface area contributed by atoms with Gasteiger partial charge in [-0.15, -0.1) is 0 Å². The Morgan fingerprint density at radius 1 is 1.26 bits per heavy atom. The normalized spacial score (nSPS) is 10.3. The largest absolute Gasteiger partial charge is 0.421 e. The Kier molecular flexibility index (Phi) is 3.86. The first-order valence-electron chi connectivity index (χ1n) is 5.80. The number of aromatic nitrogens is 1. The van der Waals surface area contributed by atoms with Crippen LogP contribution < -0.4 is 4.74 Å². The Morgan fingerprint density at radius 2 is 1.89 bits per heavy atom. The summed E-state index contributed by atoms with van der Waals surface area (Å²) in [5.74, 6) is -0.176. The molecule has 0 amide bonds. The molecule has 0 spiro atoms. The van der Waals surface area contributed by atoms with E-state index in [0.717, 1.165) is 11.1 Å². The Balaban J connectivity index is 2.28. The lowest BCUT2D eigenvalue weighted by molar-refractivity contribution is 0.0734. The molecule has 0 aliphatic rings. The van der Waals surface area contributed by atoms with Gasteiger partial charge in [0.15, 0.2) is 5.75 Å². The van der Waals surface area contributed by atoms with Gasteiger partial charge in [0, 0.05) is 6.07 Å². The third-order valence-electron chi connectivity index (χ3n) is 3.05. The number of carbonyl (C=O) groups is 1. The van der Waals surface area contributed by atoms with E-state index in [1.807, 2.05) is 32.9 Å². The van der Waals surface area contributed by atoms with Crippen molar-refractivity contribution in [2.45, 2.75) is 20.8 Å². The van der Waals surface area contributed by atoms with E-state index in [4.69, 9.17) is 16.3 Å². The van der Waals surface area contributed by atoms with Crippen LogP contribution in [0.3, 0.4) is 0 Å². The summed E-state index contributed by atoms with van der Waals surface area (Å²) < 4.78 is 5.24. The molecular weight excluding hydrogens is 262 g/mol. The third-order valence-corrected chi connectivity index (χ3v) is 3.33. The number of hydrogen-bond donors (Lipinski definition) is 0. The van der Waals surface area contributed by atoms with E-state index in [-0.39, 0.29) is 10.8 Å². The molecule has 97 valence electrons. The van der Waals surface area contributed by atoms with E-state index in [2.05, 4.69) is 11.2 Å². The zero-order valence-electron chi connectivity index (χ0n) is 11.0. The van der Waals surface area contributed by atoms with Crippen molar-refractivity contribution in [1.82, 2.24) is 4.98 Å². The number of rotatable bonds is 2. The second-order valence-corrected chi connectivity index (χ2v) is 4.78. The summed E-state index contributed by atoms with van der Waals surface area (Å²) in [7, 11) is 0. The van der Waals surface area contributed by atoms with Crippen LogP contribution in [0.5, 0.6) is 5.75 Å². The van der Waals surface area contributed by atoms with Gasteiger partial charge in [-0.05, 0) is 49.6 Å². The molecule has 1 heterocycles. The van der Waals surface area contributed by atoms with Crippen molar-refractivity contribution in [2.75, 3.05) is 0 Å². The predicted octanol–water partition coefficient (Wildman–Crippen LogP) is 3.68. The lowest BCUT2D eigenvalue weighted by Crippen LogP contribution is -2.10. The van der Waals surface area contributed by atoms with Gasteiger partial charge in [0.2, 0.25) is 0 Å². The summed E-state index contributed by atoms with van der Waals surface area (Å²) >= 11 is 5.88. The second kappa shape index (κ2) is 5.41. The number of halogens is 1. The van der Waals surface area contributed by atoms with Crippen molar-refractivity contribution in [1.29, 1.82) is 0 Å². The number of pyridine rings is 1. The number of benzene rings is 1. The lowest BCUT2D eigenvalue weighted by Gasteiger charge is -2.09. The van der Waals surface area contributed by atoms with E-state index in [9.17, 15) is 4.79 Å². The average molecular weight is 275 g/mol. The SMILES string of the molecule is Cc1cc(C(=O)Oc2c[c]ncc2Cl)cc(C)c1C. The Labute approximate surface area is 117 Å². The zero-order valence-corrected chi connectivity index (χ0v) is 11.7. The maximum Gasteiger partial charge on any atom is 0.343 e. The fourth-order valence-electron chi connectivity index (χ4n) is 1.71. The predicted molar refractivity (Wildman–Crippen MR) is 73.7 cm³/mol. The molecule has 1 aromatic heterocycles. The van der Waals surface area contributed by atoms with Crippen molar-refractivity contribution in [3.8, 4) is 5.75 Å². The topological polar surface area (TPSA) is 39.2 Å². The molecule has 1 aromatic carbocycles. The first-order valence-corrected chi connectivity index (χ1v) is 6.18. The average Bonchev–Trinajstić information content (AvgIpc) is 2.38. The molecule has 0 N–H and O–H groups in total. The maximum atomic E-state index is 12.1. The smallest absolute Gasteiger partial charge is 0.343 e. The van der Waals surface area contributed by atoms with E-state index in [1.165, 1.54) is 17.8 Å². The van der Waals surface area contributed by atoms with Gasteiger partial charge in [-0.3, -0.25) is 4.98 Å². The van der Waals surface area contributed by atoms with Gasteiger partial charge in [-0.25, -0.2) is 4.79 Å². The van der Waals surface area contributed by atoms with Crippen LogP contribution in [-0.2, 0) is 0 Å². The molecule has 0 unspecified atom stereocenters. The number of ether oxygens (including phenoxy) is 1. The van der Waals surface area contributed by atoms with Crippen LogP contribution in [0.15, 0.2) is 24.4 Å². The number of esters is 1. The molecule has 0 saturated carbocycles. The summed E-state index contributed by atoms with van der Waals surface area (Å²) in [6.45, 7) is 5.95. The van der Waals surface area contributed by atoms with E-state index >= 15 is 0 Å². The zero-order chi connectivity index (χ0) is 14.0. The van der Waals surface area contributed by atoms with Crippen molar-refractivity contribution in [2.24, 2.45) is 0 Å². The van der Waals surface area contributed by atoms with Gasteiger partial charge in [0.25, 0.3) is 0 Å². The molecular formula is C15H13ClNO2. The number of nitrogens with zero attached hydrogens (tertiary/aromatic N) is 1. The highest BCUT2D eigenvalue weighted by molar-refractivity contribution is 6.32. The van der Waals surface area contributed by atoms with Crippen LogP contribution in [-0.4, -0.2) is 11.0 Å². The van der Waals surface area contributed by atoms with E-state index in [0.29, 0.717) is 5.56 Å². The number of aryl methyl sites for hydroxylation is 2. The molecule has 0 fully saturated rings.